The zero-order valence-electron chi connectivity index (χ0n) is 9.69. The summed E-state index contributed by atoms with van der Waals surface area (Å²) in [5, 5.41) is 0. The van der Waals surface area contributed by atoms with E-state index in [0.717, 1.165) is 19.5 Å². The molecule has 0 spiro atoms. The van der Waals surface area contributed by atoms with Crippen LogP contribution in [0.5, 0.6) is 0 Å². The molecular weight excluding hydrogens is 192 g/mol. The van der Waals surface area contributed by atoms with Crippen LogP contribution in [0.15, 0.2) is 0 Å². The average molecular weight is 212 g/mol. The minimum atomic E-state index is -0.402. The summed E-state index contributed by atoms with van der Waals surface area (Å²) < 4.78 is 5.33. The van der Waals surface area contributed by atoms with Crippen LogP contribution in [0.1, 0.15) is 27.2 Å². The number of carbonyl (C=O) groups excluding carboxylic acids is 1. The van der Waals surface area contributed by atoms with Crippen molar-refractivity contribution < 1.29 is 9.53 Å². The zero-order chi connectivity index (χ0) is 11.2. The normalized spacial score (nSPS) is 34.7. The van der Waals surface area contributed by atoms with Gasteiger partial charge >= 0.3 is 6.09 Å². The number of carbonyl (C=O) groups is 1. The van der Waals surface area contributed by atoms with Gasteiger partial charge < -0.3 is 15.4 Å². The number of likely N-dealkylation sites (tertiary alicyclic amines) is 1. The molecule has 0 bridgehead atoms. The number of nitrogens with zero attached hydrogens (tertiary/aromatic N) is 1. The van der Waals surface area contributed by atoms with Crippen LogP contribution in [-0.4, -0.2) is 35.7 Å². The Labute approximate surface area is 90.8 Å². The van der Waals surface area contributed by atoms with E-state index in [1.807, 2.05) is 20.8 Å². The molecule has 4 heteroatoms. The second-order valence-corrected chi connectivity index (χ2v) is 5.71. The standard InChI is InChI=1S/C11H20N2O2/c1-11(2,3)15-10(14)13-5-7-4-9(12)8(7)6-13/h7-9H,4-6,12H2,1-3H3/t7-,8+,9?/m1/s1. The monoisotopic (exact) mass is 212 g/mol. The van der Waals surface area contributed by atoms with Crippen LogP contribution in [0.25, 0.3) is 0 Å². The highest BCUT2D eigenvalue weighted by atomic mass is 16.6. The van der Waals surface area contributed by atoms with E-state index in [4.69, 9.17) is 10.5 Å². The number of amides is 1. The van der Waals surface area contributed by atoms with Crippen molar-refractivity contribution in [2.75, 3.05) is 13.1 Å². The van der Waals surface area contributed by atoms with Crippen molar-refractivity contribution in [2.24, 2.45) is 17.6 Å². The van der Waals surface area contributed by atoms with Gasteiger partial charge in [-0.05, 0) is 39.0 Å². The molecule has 1 saturated carbocycles. The van der Waals surface area contributed by atoms with Crippen molar-refractivity contribution >= 4 is 6.09 Å². The minimum Gasteiger partial charge on any atom is -0.444 e. The third kappa shape index (κ3) is 2.09. The molecule has 0 aromatic heterocycles. The van der Waals surface area contributed by atoms with Gasteiger partial charge in [0.05, 0.1) is 0 Å². The first-order chi connectivity index (χ1) is 6.87. The van der Waals surface area contributed by atoms with Crippen LogP contribution >= 0.6 is 0 Å². The predicted molar refractivity (Wildman–Crippen MR) is 57.4 cm³/mol. The van der Waals surface area contributed by atoms with Crippen molar-refractivity contribution in [1.82, 2.24) is 4.90 Å². The van der Waals surface area contributed by atoms with Crippen LogP contribution in [0.2, 0.25) is 0 Å². The van der Waals surface area contributed by atoms with E-state index < -0.39 is 5.60 Å². The molecule has 0 radical (unpaired) electrons. The van der Waals surface area contributed by atoms with Gasteiger partial charge in [-0.2, -0.15) is 0 Å². The number of fused-ring (bicyclic) bond motifs is 1. The third-order valence-corrected chi connectivity index (χ3v) is 3.27. The molecule has 2 fully saturated rings. The Hall–Kier alpha value is -0.770. The summed E-state index contributed by atoms with van der Waals surface area (Å²) in [7, 11) is 0. The van der Waals surface area contributed by atoms with Gasteiger partial charge in [-0.3, -0.25) is 0 Å². The molecule has 15 heavy (non-hydrogen) atoms. The Morgan fingerprint density at radius 1 is 1.40 bits per heavy atom. The second kappa shape index (κ2) is 3.37. The summed E-state index contributed by atoms with van der Waals surface area (Å²) in [6.45, 7) is 7.28. The first-order valence-corrected chi connectivity index (χ1v) is 5.60. The zero-order valence-corrected chi connectivity index (χ0v) is 9.69. The molecule has 4 nitrogen and oxygen atoms in total. The molecule has 2 N–H and O–H groups in total. The smallest absolute Gasteiger partial charge is 0.410 e. The van der Waals surface area contributed by atoms with Crippen LogP contribution in [-0.2, 0) is 4.74 Å². The van der Waals surface area contributed by atoms with Gasteiger partial charge in [0.25, 0.3) is 0 Å². The Morgan fingerprint density at radius 3 is 2.53 bits per heavy atom. The van der Waals surface area contributed by atoms with E-state index in [9.17, 15) is 4.79 Å². The SMILES string of the molecule is CC(C)(C)OC(=O)N1C[C@H]2CC(N)[C@H]2C1. The van der Waals surface area contributed by atoms with Gasteiger partial charge in [0.15, 0.2) is 0 Å². The number of nitrogens with two attached hydrogens (primary N) is 1. The molecule has 0 aromatic rings. The topological polar surface area (TPSA) is 55.6 Å². The van der Waals surface area contributed by atoms with Crippen LogP contribution < -0.4 is 5.73 Å². The summed E-state index contributed by atoms with van der Waals surface area (Å²) in [4.78, 5) is 13.5. The second-order valence-electron chi connectivity index (χ2n) is 5.71. The molecule has 1 saturated heterocycles. The maximum absolute atomic E-state index is 11.7. The van der Waals surface area contributed by atoms with Gasteiger partial charge in [-0.15, -0.1) is 0 Å². The molecule has 0 aromatic carbocycles. The summed E-state index contributed by atoms with van der Waals surface area (Å²) in [5.41, 5.74) is 5.47. The van der Waals surface area contributed by atoms with E-state index in [0.29, 0.717) is 17.9 Å². The summed E-state index contributed by atoms with van der Waals surface area (Å²) >= 11 is 0. The van der Waals surface area contributed by atoms with Gasteiger partial charge in [0.2, 0.25) is 0 Å². The lowest BCUT2D eigenvalue weighted by Crippen LogP contribution is -2.46. The summed E-state index contributed by atoms with van der Waals surface area (Å²) in [5.74, 6) is 1.13. The fourth-order valence-corrected chi connectivity index (χ4v) is 2.43. The van der Waals surface area contributed by atoms with Crippen LogP contribution in [0.4, 0.5) is 4.79 Å². The van der Waals surface area contributed by atoms with Gasteiger partial charge in [-0.25, -0.2) is 4.79 Å². The summed E-state index contributed by atoms with van der Waals surface area (Å²) in [6.07, 6.45) is 0.869. The van der Waals surface area contributed by atoms with Gasteiger partial charge in [0, 0.05) is 19.1 Å². The van der Waals surface area contributed by atoms with Gasteiger partial charge in [-0.1, -0.05) is 0 Å². The minimum absolute atomic E-state index is 0.191. The molecule has 1 aliphatic carbocycles. The van der Waals surface area contributed by atoms with Crippen LogP contribution in [0, 0.1) is 11.8 Å². The number of rotatable bonds is 0. The largest absolute Gasteiger partial charge is 0.444 e. The first kappa shape index (κ1) is 10.7. The van der Waals surface area contributed by atoms with Crippen LogP contribution in [0.3, 0.4) is 0 Å². The van der Waals surface area contributed by atoms with Crippen molar-refractivity contribution in [3.63, 3.8) is 0 Å². The molecule has 3 atom stereocenters. The maximum atomic E-state index is 11.7. The predicted octanol–water partition coefficient (Wildman–Crippen LogP) is 1.20. The van der Waals surface area contributed by atoms with E-state index in [-0.39, 0.29) is 6.09 Å². The molecule has 1 amide bonds. The Bertz CT molecular complexity index is 272. The number of hydrogen-bond acceptors (Lipinski definition) is 3. The fourth-order valence-electron chi connectivity index (χ4n) is 2.43. The average Bonchev–Trinajstić information content (AvgIpc) is 2.39. The highest BCUT2D eigenvalue weighted by Crippen LogP contribution is 2.39. The molecular formula is C11H20N2O2. The molecule has 1 aliphatic heterocycles. The van der Waals surface area contributed by atoms with Crippen molar-refractivity contribution in [3.8, 4) is 0 Å². The summed E-state index contributed by atoms with van der Waals surface area (Å²) in [6, 6.07) is 0.294. The highest BCUT2D eigenvalue weighted by Gasteiger charge is 2.47. The number of ether oxygens (including phenoxy) is 1. The highest BCUT2D eigenvalue weighted by molar-refractivity contribution is 5.68. The lowest BCUT2D eigenvalue weighted by atomic mass is 9.72. The van der Waals surface area contributed by atoms with E-state index in [2.05, 4.69) is 0 Å². The van der Waals surface area contributed by atoms with E-state index in [1.54, 1.807) is 4.90 Å². The Balaban J connectivity index is 1.88. The molecule has 86 valence electrons. The lowest BCUT2D eigenvalue weighted by molar-refractivity contribution is 0.0288. The Morgan fingerprint density at radius 2 is 2.07 bits per heavy atom. The van der Waals surface area contributed by atoms with Crippen molar-refractivity contribution in [1.29, 1.82) is 0 Å². The fraction of sp³-hybridized carbons (Fsp3) is 0.909. The lowest BCUT2D eigenvalue weighted by Gasteiger charge is -2.35. The molecule has 1 heterocycles. The molecule has 2 aliphatic rings. The van der Waals surface area contributed by atoms with Crippen molar-refractivity contribution in [3.05, 3.63) is 0 Å². The molecule has 2 rings (SSSR count). The molecule has 1 unspecified atom stereocenters. The van der Waals surface area contributed by atoms with E-state index in [1.165, 1.54) is 0 Å². The first-order valence-electron chi connectivity index (χ1n) is 5.60. The van der Waals surface area contributed by atoms with Crippen molar-refractivity contribution in [2.45, 2.75) is 38.8 Å². The Kier molecular flexibility index (Phi) is 2.41. The maximum Gasteiger partial charge on any atom is 0.410 e. The quantitative estimate of drug-likeness (QED) is 0.656. The van der Waals surface area contributed by atoms with Gasteiger partial charge in [0.1, 0.15) is 5.60 Å². The third-order valence-electron chi connectivity index (χ3n) is 3.27. The van der Waals surface area contributed by atoms with E-state index >= 15 is 0 Å². The number of hydrogen-bond donors (Lipinski definition) is 1.